The minimum Gasteiger partial charge on any atom is -0.369 e. The molecule has 2 aromatic heterocycles. The molecule has 1 aliphatic carbocycles. The van der Waals surface area contributed by atoms with Gasteiger partial charge in [0.25, 0.3) is 5.56 Å². The van der Waals surface area contributed by atoms with Gasteiger partial charge in [0, 0.05) is 53.5 Å². The fourth-order valence-corrected chi connectivity index (χ4v) is 5.78. The predicted molar refractivity (Wildman–Crippen MR) is 127 cm³/mol. The Bertz CT molecular complexity index is 1320. The van der Waals surface area contributed by atoms with Gasteiger partial charge < -0.3 is 15.6 Å². The molecule has 1 aliphatic heterocycles. The number of carbonyl (C=O) groups excluding carboxylic acids is 1. The maximum Gasteiger partial charge on any atom is 0.258 e. The lowest BCUT2D eigenvalue weighted by atomic mass is 9.76. The van der Waals surface area contributed by atoms with Crippen LogP contribution in [0.1, 0.15) is 31.7 Å². The molecule has 1 aromatic carbocycles. The number of rotatable bonds is 3. The van der Waals surface area contributed by atoms with E-state index in [4.69, 9.17) is 17.3 Å². The molecule has 2 aliphatic rings. The minimum absolute atomic E-state index is 0.0531. The van der Waals surface area contributed by atoms with E-state index in [1.807, 2.05) is 43.3 Å². The topological polar surface area (TPSA) is 90.0 Å². The first-order valence-electron chi connectivity index (χ1n) is 10.7. The van der Waals surface area contributed by atoms with Crippen molar-refractivity contribution < 1.29 is 4.79 Å². The number of hydrogen-bond donors (Lipinski definition) is 2. The van der Waals surface area contributed by atoms with Crippen LogP contribution in [-0.4, -0.2) is 22.0 Å². The van der Waals surface area contributed by atoms with Crippen LogP contribution in [-0.2, 0) is 17.3 Å². The molecule has 3 aromatic rings. The molecule has 1 fully saturated rings. The standard InChI is InChI=1S/C25H25ClN4O2/c1-24(23(27)32)8-9-25(13-24)14-29-21-19(25)20(26)18(12-28-21)16-6-3-5-15(11-16)17-7-4-10-30(2)22(17)31/h3-7,10-12H,8-9,13-14H2,1-2H3,(H2,27,32)(H,28,29)/t24-,25+/m1/s1. The normalized spacial score (nSPS) is 23.8. The lowest BCUT2D eigenvalue weighted by Gasteiger charge is -2.27. The first-order chi connectivity index (χ1) is 15.2. The van der Waals surface area contributed by atoms with Crippen LogP contribution in [0.2, 0.25) is 5.02 Å². The molecule has 0 unspecified atom stereocenters. The quantitative estimate of drug-likeness (QED) is 0.631. The number of amides is 1. The van der Waals surface area contributed by atoms with E-state index < -0.39 is 5.41 Å². The molecule has 0 saturated heterocycles. The summed E-state index contributed by atoms with van der Waals surface area (Å²) in [5.41, 5.74) is 9.01. The Kier molecular flexibility index (Phi) is 4.67. The summed E-state index contributed by atoms with van der Waals surface area (Å²) in [6.45, 7) is 2.64. The summed E-state index contributed by atoms with van der Waals surface area (Å²) in [5, 5.41) is 4.03. The fourth-order valence-electron chi connectivity index (χ4n) is 5.33. The van der Waals surface area contributed by atoms with E-state index in [9.17, 15) is 9.59 Å². The number of nitrogens with zero attached hydrogens (tertiary/aromatic N) is 2. The molecule has 164 valence electrons. The molecule has 0 radical (unpaired) electrons. The first-order valence-corrected chi connectivity index (χ1v) is 11.1. The van der Waals surface area contributed by atoms with Crippen molar-refractivity contribution >= 4 is 23.3 Å². The molecule has 32 heavy (non-hydrogen) atoms. The second kappa shape index (κ2) is 7.20. The van der Waals surface area contributed by atoms with Crippen LogP contribution < -0.4 is 16.6 Å². The van der Waals surface area contributed by atoms with Crippen LogP contribution in [0.3, 0.4) is 0 Å². The second-order valence-electron chi connectivity index (χ2n) is 9.36. The Morgan fingerprint density at radius 2 is 1.94 bits per heavy atom. The fraction of sp³-hybridized carbons (Fsp3) is 0.320. The summed E-state index contributed by atoms with van der Waals surface area (Å²) in [6, 6.07) is 11.5. The maximum atomic E-state index is 12.6. The van der Waals surface area contributed by atoms with E-state index in [0.717, 1.165) is 40.9 Å². The van der Waals surface area contributed by atoms with Crippen LogP contribution >= 0.6 is 11.6 Å². The van der Waals surface area contributed by atoms with Crippen molar-refractivity contribution in [2.45, 2.75) is 31.6 Å². The highest BCUT2D eigenvalue weighted by Crippen LogP contribution is 2.57. The molecule has 6 nitrogen and oxygen atoms in total. The first kappa shape index (κ1) is 20.8. The van der Waals surface area contributed by atoms with Crippen molar-refractivity contribution in [2.75, 3.05) is 11.9 Å². The average Bonchev–Trinajstić information content (AvgIpc) is 3.32. The number of halogens is 1. The Morgan fingerprint density at radius 1 is 1.19 bits per heavy atom. The van der Waals surface area contributed by atoms with Crippen molar-refractivity contribution in [3.8, 4) is 22.3 Å². The molecule has 2 atom stereocenters. The van der Waals surface area contributed by atoms with E-state index >= 15 is 0 Å². The smallest absolute Gasteiger partial charge is 0.258 e. The number of pyridine rings is 2. The summed E-state index contributed by atoms with van der Waals surface area (Å²) >= 11 is 7.02. The van der Waals surface area contributed by atoms with Crippen molar-refractivity contribution in [3.05, 3.63) is 69.7 Å². The largest absolute Gasteiger partial charge is 0.369 e. The monoisotopic (exact) mass is 448 g/mol. The van der Waals surface area contributed by atoms with Crippen LogP contribution in [0.15, 0.2) is 53.6 Å². The number of anilines is 1. The third-order valence-electron chi connectivity index (χ3n) is 7.23. The van der Waals surface area contributed by atoms with Crippen LogP contribution in [0.5, 0.6) is 0 Å². The van der Waals surface area contributed by atoms with E-state index in [1.165, 1.54) is 0 Å². The summed E-state index contributed by atoms with van der Waals surface area (Å²) < 4.78 is 1.57. The van der Waals surface area contributed by atoms with Gasteiger partial charge in [0.05, 0.1) is 5.02 Å². The molecule has 3 N–H and O–H groups in total. The van der Waals surface area contributed by atoms with Gasteiger partial charge >= 0.3 is 0 Å². The maximum absolute atomic E-state index is 12.6. The number of nitrogens with one attached hydrogen (secondary N) is 1. The average molecular weight is 449 g/mol. The van der Waals surface area contributed by atoms with Gasteiger partial charge in [-0.25, -0.2) is 4.98 Å². The summed E-state index contributed by atoms with van der Waals surface area (Å²) in [6.07, 6.45) is 5.73. The molecule has 3 heterocycles. The molecular formula is C25H25ClN4O2. The van der Waals surface area contributed by atoms with Crippen molar-refractivity contribution in [1.82, 2.24) is 9.55 Å². The van der Waals surface area contributed by atoms with E-state index in [1.54, 1.807) is 24.0 Å². The Hall–Kier alpha value is -3.12. The highest BCUT2D eigenvalue weighted by molar-refractivity contribution is 6.34. The molecule has 1 spiro atoms. The van der Waals surface area contributed by atoms with E-state index in [2.05, 4.69) is 10.3 Å². The predicted octanol–water partition coefficient (Wildman–Crippen LogP) is 4.11. The number of nitrogens with two attached hydrogens (primary N) is 1. The van der Waals surface area contributed by atoms with Gasteiger partial charge in [-0.05, 0) is 48.6 Å². The van der Waals surface area contributed by atoms with Gasteiger partial charge in [0.1, 0.15) is 5.82 Å². The van der Waals surface area contributed by atoms with Gasteiger partial charge in [-0.1, -0.05) is 36.7 Å². The molecule has 1 amide bonds. The number of benzene rings is 1. The molecule has 1 saturated carbocycles. The summed E-state index contributed by atoms with van der Waals surface area (Å²) in [4.78, 5) is 29.4. The number of aryl methyl sites for hydroxylation is 1. The van der Waals surface area contributed by atoms with Crippen LogP contribution in [0.25, 0.3) is 22.3 Å². The second-order valence-corrected chi connectivity index (χ2v) is 9.74. The minimum atomic E-state index is -0.546. The number of hydrogen-bond acceptors (Lipinski definition) is 4. The van der Waals surface area contributed by atoms with Gasteiger partial charge in [0.2, 0.25) is 5.91 Å². The lowest BCUT2D eigenvalue weighted by Crippen LogP contribution is -2.35. The Morgan fingerprint density at radius 3 is 2.66 bits per heavy atom. The van der Waals surface area contributed by atoms with Gasteiger partial charge in [-0.3, -0.25) is 9.59 Å². The zero-order valence-electron chi connectivity index (χ0n) is 18.1. The van der Waals surface area contributed by atoms with Gasteiger partial charge in [-0.2, -0.15) is 0 Å². The SMILES string of the molecule is Cn1cccc(-c2cccc(-c3cnc4c(c3Cl)[C@]3(CC[C@@](C)(C(N)=O)C3)CN4)c2)c1=O. The lowest BCUT2D eigenvalue weighted by molar-refractivity contribution is -0.126. The van der Waals surface area contributed by atoms with E-state index in [0.29, 0.717) is 23.6 Å². The third kappa shape index (κ3) is 3.05. The van der Waals surface area contributed by atoms with Crippen LogP contribution in [0.4, 0.5) is 5.82 Å². The van der Waals surface area contributed by atoms with Crippen molar-refractivity contribution in [2.24, 2.45) is 18.2 Å². The highest BCUT2D eigenvalue weighted by atomic mass is 35.5. The third-order valence-corrected chi connectivity index (χ3v) is 7.62. The van der Waals surface area contributed by atoms with E-state index in [-0.39, 0.29) is 16.9 Å². The zero-order chi connectivity index (χ0) is 22.7. The Balaban J connectivity index is 1.60. The number of carbonyl (C=O) groups is 1. The number of fused-ring (bicyclic) bond motifs is 2. The van der Waals surface area contributed by atoms with Crippen molar-refractivity contribution in [3.63, 3.8) is 0 Å². The van der Waals surface area contributed by atoms with Gasteiger partial charge in [-0.15, -0.1) is 0 Å². The van der Waals surface area contributed by atoms with Crippen molar-refractivity contribution in [1.29, 1.82) is 0 Å². The van der Waals surface area contributed by atoms with Crippen LogP contribution in [0, 0.1) is 5.41 Å². The molecule has 5 rings (SSSR count). The molecule has 0 bridgehead atoms. The summed E-state index contributed by atoms with van der Waals surface area (Å²) in [5.74, 6) is 0.515. The number of primary amides is 1. The Labute approximate surface area is 191 Å². The molecular weight excluding hydrogens is 424 g/mol. The molecule has 7 heteroatoms. The zero-order valence-corrected chi connectivity index (χ0v) is 18.9. The summed E-state index contributed by atoms with van der Waals surface area (Å²) in [7, 11) is 1.74. The van der Waals surface area contributed by atoms with Gasteiger partial charge in [0.15, 0.2) is 0 Å². The highest BCUT2D eigenvalue weighted by Gasteiger charge is 2.53. The number of aromatic nitrogens is 2.